The molecule has 0 saturated carbocycles. The van der Waals surface area contributed by atoms with Crippen molar-refractivity contribution in [3.8, 4) is 0 Å². The minimum absolute atomic E-state index is 0.0479. The number of amides is 1. The summed E-state index contributed by atoms with van der Waals surface area (Å²) in [5.74, 6) is -0.272. The number of aryl methyl sites for hydroxylation is 1. The van der Waals surface area contributed by atoms with Crippen molar-refractivity contribution in [2.45, 2.75) is 26.8 Å². The Labute approximate surface area is 113 Å². The fourth-order valence-corrected chi connectivity index (χ4v) is 2.97. The number of thiazole rings is 1. The number of rotatable bonds is 3. The third-order valence-corrected chi connectivity index (χ3v) is 3.62. The van der Waals surface area contributed by atoms with Gasteiger partial charge in [-0.25, -0.2) is 0 Å². The molecule has 0 atom stereocenters. The summed E-state index contributed by atoms with van der Waals surface area (Å²) in [5.41, 5.74) is 0.921. The van der Waals surface area contributed by atoms with Crippen LogP contribution in [0, 0.1) is 10.1 Å². The van der Waals surface area contributed by atoms with Gasteiger partial charge >= 0.3 is 0 Å². The number of nitro benzene ring substituents is 1. The second kappa shape index (κ2) is 5.31. The lowest BCUT2D eigenvalue weighted by molar-refractivity contribution is -0.384. The summed E-state index contributed by atoms with van der Waals surface area (Å²) in [7, 11) is 0. The van der Waals surface area contributed by atoms with Gasteiger partial charge in [0.1, 0.15) is 0 Å². The van der Waals surface area contributed by atoms with Crippen molar-refractivity contribution in [1.82, 2.24) is 4.57 Å². The molecule has 19 heavy (non-hydrogen) atoms. The highest BCUT2D eigenvalue weighted by molar-refractivity contribution is 7.16. The van der Waals surface area contributed by atoms with Crippen LogP contribution in [0.25, 0.3) is 10.2 Å². The molecule has 0 aliphatic rings. The Morgan fingerprint density at radius 1 is 1.53 bits per heavy atom. The highest BCUT2D eigenvalue weighted by Gasteiger charge is 2.11. The Hall–Kier alpha value is -2.02. The smallest absolute Gasteiger partial charge is 0.270 e. The van der Waals surface area contributed by atoms with Crippen LogP contribution in [-0.2, 0) is 11.3 Å². The Kier molecular flexibility index (Phi) is 3.75. The van der Waals surface area contributed by atoms with E-state index < -0.39 is 4.92 Å². The number of carbonyl (C=O) groups is 1. The molecule has 0 spiro atoms. The predicted octanol–water partition coefficient (Wildman–Crippen LogP) is 2.47. The van der Waals surface area contributed by atoms with E-state index in [-0.39, 0.29) is 11.6 Å². The van der Waals surface area contributed by atoms with Gasteiger partial charge in [-0.2, -0.15) is 4.99 Å². The molecule has 0 fully saturated rings. The van der Waals surface area contributed by atoms with Crippen LogP contribution < -0.4 is 4.80 Å². The second-order valence-corrected chi connectivity index (χ2v) is 5.09. The maximum Gasteiger partial charge on any atom is 0.270 e. The summed E-state index contributed by atoms with van der Waals surface area (Å²) in [6.45, 7) is 4.15. The van der Waals surface area contributed by atoms with E-state index in [1.807, 2.05) is 11.5 Å². The molecule has 0 unspecified atom stereocenters. The number of benzene rings is 1. The summed E-state index contributed by atoms with van der Waals surface area (Å²) in [6.07, 6.45) is 0.897. The van der Waals surface area contributed by atoms with Gasteiger partial charge in [0.05, 0.1) is 15.1 Å². The van der Waals surface area contributed by atoms with Gasteiger partial charge in [-0.3, -0.25) is 14.9 Å². The average Bonchev–Trinajstić information content (AvgIpc) is 2.66. The first-order valence-electron chi connectivity index (χ1n) is 5.86. The summed E-state index contributed by atoms with van der Waals surface area (Å²) in [4.78, 5) is 26.0. The van der Waals surface area contributed by atoms with Gasteiger partial charge in [-0.05, 0) is 12.5 Å². The number of hydrogen-bond acceptors (Lipinski definition) is 4. The van der Waals surface area contributed by atoms with E-state index in [1.165, 1.54) is 30.4 Å². The number of aromatic nitrogens is 1. The highest BCUT2D eigenvalue weighted by Crippen LogP contribution is 2.23. The topological polar surface area (TPSA) is 77.5 Å². The van der Waals surface area contributed by atoms with E-state index in [0.717, 1.165) is 23.2 Å². The molecule has 0 saturated heterocycles. The third kappa shape index (κ3) is 2.70. The van der Waals surface area contributed by atoms with Gasteiger partial charge in [-0.15, -0.1) is 0 Å². The van der Waals surface area contributed by atoms with Gasteiger partial charge in [0.15, 0.2) is 4.80 Å². The first kappa shape index (κ1) is 13.4. The normalized spacial score (nSPS) is 12.0. The molecular weight excluding hydrogens is 266 g/mol. The van der Waals surface area contributed by atoms with Crippen molar-refractivity contribution in [1.29, 1.82) is 0 Å². The molecule has 1 heterocycles. The Morgan fingerprint density at radius 3 is 2.84 bits per heavy atom. The molecule has 100 valence electrons. The molecule has 6 nitrogen and oxygen atoms in total. The fourth-order valence-electron chi connectivity index (χ4n) is 1.84. The van der Waals surface area contributed by atoms with Gasteiger partial charge in [0, 0.05) is 25.6 Å². The van der Waals surface area contributed by atoms with Crippen LogP contribution >= 0.6 is 11.3 Å². The van der Waals surface area contributed by atoms with E-state index in [0.29, 0.717) is 4.80 Å². The monoisotopic (exact) mass is 279 g/mol. The lowest BCUT2D eigenvalue weighted by Gasteiger charge is -2.01. The van der Waals surface area contributed by atoms with Crippen molar-refractivity contribution in [3.05, 3.63) is 33.1 Å². The molecule has 7 heteroatoms. The van der Waals surface area contributed by atoms with Gasteiger partial charge in [-0.1, -0.05) is 18.3 Å². The third-order valence-electron chi connectivity index (χ3n) is 2.58. The lowest BCUT2D eigenvalue weighted by Crippen LogP contribution is -2.15. The van der Waals surface area contributed by atoms with Gasteiger partial charge < -0.3 is 4.57 Å². The maximum absolute atomic E-state index is 11.1. The van der Waals surface area contributed by atoms with Crippen LogP contribution in [0.1, 0.15) is 20.3 Å². The molecule has 0 bridgehead atoms. The minimum atomic E-state index is -0.425. The summed E-state index contributed by atoms with van der Waals surface area (Å²) >= 11 is 1.29. The Bertz CT molecular complexity index is 715. The number of non-ortho nitro benzene ring substituents is 1. The molecule has 1 amide bonds. The molecule has 2 aromatic rings. The lowest BCUT2D eigenvalue weighted by atomic mass is 10.3. The number of carbonyl (C=O) groups excluding carboxylic acids is 1. The standard InChI is InChI=1S/C12H13N3O3S/c1-3-6-14-10-5-4-9(15(17)18)7-11(10)19-12(14)13-8(2)16/h4-5,7H,3,6H2,1-2H3. The maximum atomic E-state index is 11.1. The average molecular weight is 279 g/mol. The van der Waals surface area contributed by atoms with Crippen molar-refractivity contribution in [3.63, 3.8) is 0 Å². The summed E-state index contributed by atoms with van der Waals surface area (Å²) in [5, 5.41) is 10.8. The van der Waals surface area contributed by atoms with Crippen molar-refractivity contribution in [2.24, 2.45) is 4.99 Å². The van der Waals surface area contributed by atoms with Crippen LogP contribution in [-0.4, -0.2) is 15.4 Å². The summed E-state index contributed by atoms with van der Waals surface area (Å²) in [6, 6.07) is 4.70. The molecular formula is C12H13N3O3S. The highest BCUT2D eigenvalue weighted by atomic mass is 32.1. The van der Waals surface area contributed by atoms with Crippen LogP contribution in [0.15, 0.2) is 23.2 Å². The SMILES string of the molecule is CCCn1c(=NC(C)=O)sc2cc([N+](=O)[O-])ccc21. The first-order valence-corrected chi connectivity index (χ1v) is 6.67. The zero-order valence-corrected chi connectivity index (χ0v) is 11.4. The molecule has 0 radical (unpaired) electrons. The van der Waals surface area contributed by atoms with Crippen molar-refractivity contribution >= 4 is 33.1 Å². The van der Waals surface area contributed by atoms with E-state index >= 15 is 0 Å². The minimum Gasteiger partial charge on any atom is -0.316 e. The van der Waals surface area contributed by atoms with E-state index in [1.54, 1.807) is 6.07 Å². The second-order valence-electron chi connectivity index (χ2n) is 4.08. The van der Waals surface area contributed by atoms with Crippen molar-refractivity contribution in [2.75, 3.05) is 0 Å². The van der Waals surface area contributed by atoms with Crippen LogP contribution in [0.4, 0.5) is 5.69 Å². The Morgan fingerprint density at radius 2 is 2.26 bits per heavy atom. The zero-order valence-electron chi connectivity index (χ0n) is 10.6. The van der Waals surface area contributed by atoms with Crippen molar-refractivity contribution < 1.29 is 9.72 Å². The van der Waals surface area contributed by atoms with Gasteiger partial charge in [0.2, 0.25) is 5.91 Å². The number of nitrogens with zero attached hydrogens (tertiary/aromatic N) is 3. The van der Waals surface area contributed by atoms with E-state index in [4.69, 9.17) is 0 Å². The molecule has 0 aliphatic heterocycles. The first-order chi connectivity index (χ1) is 9.02. The van der Waals surface area contributed by atoms with Crippen LogP contribution in [0.3, 0.4) is 0 Å². The number of hydrogen-bond donors (Lipinski definition) is 0. The quantitative estimate of drug-likeness (QED) is 0.639. The molecule has 0 aliphatic carbocycles. The van der Waals surface area contributed by atoms with Crippen LogP contribution in [0.5, 0.6) is 0 Å². The van der Waals surface area contributed by atoms with E-state index in [2.05, 4.69) is 4.99 Å². The summed E-state index contributed by atoms with van der Waals surface area (Å²) < 4.78 is 2.69. The van der Waals surface area contributed by atoms with E-state index in [9.17, 15) is 14.9 Å². The van der Waals surface area contributed by atoms with Gasteiger partial charge in [0.25, 0.3) is 5.69 Å². The van der Waals surface area contributed by atoms with Crippen LogP contribution in [0.2, 0.25) is 0 Å². The predicted molar refractivity (Wildman–Crippen MR) is 73.0 cm³/mol. The molecule has 0 N–H and O–H groups in total. The molecule has 1 aromatic carbocycles. The molecule has 1 aromatic heterocycles. The number of nitro groups is 1. The molecule has 2 rings (SSSR count). The largest absolute Gasteiger partial charge is 0.316 e. The Balaban J connectivity index is 2.72. The number of fused-ring (bicyclic) bond motifs is 1. The fraction of sp³-hybridized carbons (Fsp3) is 0.333. The zero-order chi connectivity index (χ0) is 14.0.